The van der Waals surface area contributed by atoms with Gasteiger partial charge in [0.25, 0.3) is 0 Å². The molecule has 3 N–H and O–H groups in total. The first kappa shape index (κ1) is 19.9. The van der Waals surface area contributed by atoms with Crippen LogP contribution in [-0.2, 0) is 33.7 Å². The van der Waals surface area contributed by atoms with E-state index in [-0.39, 0.29) is 5.96 Å². The predicted molar refractivity (Wildman–Crippen MR) is 74.8 cm³/mol. The molecule has 2 atom stereocenters. The summed E-state index contributed by atoms with van der Waals surface area (Å²) in [5, 5.41) is 3.02. The summed E-state index contributed by atoms with van der Waals surface area (Å²) in [6.45, 7) is 0. The minimum atomic E-state index is -1.83. The zero-order valence-corrected chi connectivity index (χ0v) is 14.2. The highest BCUT2D eigenvalue weighted by Gasteiger charge is 2.65. The van der Waals surface area contributed by atoms with Crippen LogP contribution >= 0.6 is 0 Å². The van der Waals surface area contributed by atoms with Gasteiger partial charge in [-0.25, -0.2) is 0 Å². The van der Waals surface area contributed by atoms with Crippen molar-refractivity contribution in [1.29, 1.82) is 0 Å². The van der Waals surface area contributed by atoms with E-state index in [1.807, 2.05) is 0 Å². The molecule has 1 aliphatic heterocycles. The summed E-state index contributed by atoms with van der Waals surface area (Å²) < 4.78 is 10.9. The Morgan fingerprint density at radius 1 is 1.00 bits per heavy atom. The van der Waals surface area contributed by atoms with Crippen molar-refractivity contribution in [3.8, 4) is 0 Å². The smallest absolute Gasteiger partial charge is 0.364 e. The summed E-state index contributed by atoms with van der Waals surface area (Å²) in [6, 6.07) is 0. The molecule has 0 aromatic heterocycles. The van der Waals surface area contributed by atoms with Crippen LogP contribution in [0.1, 0.15) is 0 Å². The number of ether oxygens (including phenoxy) is 2. The molecular formula is C10H24N6O7. The van der Waals surface area contributed by atoms with Crippen LogP contribution in [0.4, 0.5) is 0 Å². The number of guanidine groups is 1. The Bertz CT molecular complexity index is 411. The van der Waals surface area contributed by atoms with Gasteiger partial charge in [-0.3, -0.25) is 24.2 Å². The van der Waals surface area contributed by atoms with Crippen molar-refractivity contribution in [2.24, 2.45) is 10.7 Å². The number of nitrogens with zero attached hydrogens (tertiary/aromatic N) is 4. The highest BCUT2D eigenvalue weighted by atomic mass is 17.0. The molecule has 0 saturated heterocycles. The molecule has 1 heterocycles. The number of hydroxylamine groups is 7. The Hall–Kier alpha value is -1.13. The quantitative estimate of drug-likeness (QED) is 0.361. The average Bonchev–Trinajstić information content (AvgIpc) is 2.55. The second kappa shape index (κ2) is 8.11. The zero-order chi connectivity index (χ0) is 17.7. The van der Waals surface area contributed by atoms with Gasteiger partial charge in [-0.1, -0.05) is 0 Å². The SMILES string of the molecule is CONC1(OC)N=C(N)N(OC)C(OC)(N(OC)OC)N1OC. The summed E-state index contributed by atoms with van der Waals surface area (Å²) in [6.07, 6.45) is 0. The van der Waals surface area contributed by atoms with Crippen molar-refractivity contribution in [3.05, 3.63) is 0 Å². The summed E-state index contributed by atoms with van der Waals surface area (Å²) >= 11 is 0. The van der Waals surface area contributed by atoms with Crippen molar-refractivity contribution < 1.29 is 33.7 Å². The second-order valence-corrected chi connectivity index (χ2v) is 3.94. The third-order valence-electron chi connectivity index (χ3n) is 3.01. The molecule has 23 heavy (non-hydrogen) atoms. The third-order valence-corrected chi connectivity index (χ3v) is 3.01. The molecule has 0 fully saturated rings. The van der Waals surface area contributed by atoms with E-state index in [9.17, 15) is 0 Å². The van der Waals surface area contributed by atoms with Crippen molar-refractivity contribution in [2.75, 3.05) is 49.8 Å². The Balaban J connectivity index is 3.63. The molecule has 1 aliphatic rings. The molecule has 0 spiro atoms. The summed E-state index contributed by atoms with van der Waals surface area (Å²) in [4.78, 5) is 30.0. The molecule has 0 radical (unpaired) electrons. The van der Waals surface area contributed by atoms with Gasteiger partial charge in [-0.2, -0.15) is 10.1 Å². The molecule has 2 unspecified atom stereocenters. The Morgan fingerprint density at radius 2 is 1.61 bits per heavy atom. The van der Waals surface area contributed by atoms with E-state index in [4.69, 9.17) is 39.4 Å². The molecule has 0 amide bonds. The predicted octanol–water partition coefficient (Wildman–Crippen LogP) is -1.87. The number of hydrogen-bond acceptors (Lipinski definition) is 13. The number of nitrogens with one attached hydrogen (secondary N) is 1. The van der Waals surface area contributed by atoms with Gasteiger partial charge in [0, 0.05) is 19.4 Å². The van der Waals surface area contributed by atoms with Crippen LogP contribution in [0.5, 0.6) is 0 Å². The van der Waals surface area contributed by atoms with Gasteiger partial charge in [-0.15, -0.1) is 5.48 Å². The van der Waals surface area contributed by atoms with E-state index in [2.05, 4.69) is 10.5 Å². The number of hydrogen-bond donors (Lipinski definition) is 2. The fourth-order valence-corrected chi connectivity index (χ4v) is 2.20. The van der Waals surface area contributed by atoms with E-state index in [1.165, 1.54) is 49.8 Å². The second-order valence-electron chi connectivity index (χ2n) is 3.94. The summed E-state index contributed by atoms with van der Waals surface area (Å²) in [5.41, 5.74) is 8.49. The fraction of sp³-hybridized carbons (Fsp3) is 0.900. The molecule has 0 aliphatic carbocycles. The Labute approximate surface area is 134 Å². The van der Waals surface area contributed by atoms with Gasteiger partial charge in [0.1, 0.15) is 0 Å². The first-order valence-corrected chi connectivity index (χ1v) is 6.30. The maximum absolute atomic E-state index is 5.96. The summed E-state index contributed by atoms with van der Waals surface area (Å²) in [7, 11) is 9.42. The lowest BCUT2D eigenvalue weighted by Gasteiger charge is -2.54. The van der Waals surface area contributed by atoms with E-state index in [1.54, 1.807) is 0 Å². The lowest BCUT2D eigenvalue weighted by molar-refractivity contribution is -0.590. The van der Waals surface area contributed by atoms with Crippen molar-refractivity contribution in [2.45, 2.75) is 11.9 Å². The van der Waals surface area contributed by atoms with Crippen LogP contribution in [0.2, 0.25) is 0 Å². The fourth-order valence-electron chi connectivity index (χ4n) is 2.20. The van der Waals surface area contributed by atoms with E-state index in [0.717, 1.165) is 15.4 Å². The zero-order valence-electron chi connectivity index (χ0n) is 14.2. The van der Waals surface area contributed by atoms with Crippen molar-refractivity contribution in [3.63, 3.8) is 0 Å². The van der Waals surface area contributed by atoms with E-state index >= 15 is 0 Å². The first-order valence-electron chi connectivity index (χ1n) is 6.30. The minimum absolute atomic E-state index is 0.145. The van der Waals surface area contributed by atoms with E-state index in [0.29, 0.717) is 0 Å². The Morgan fingerprint density at radius 3 is 1.96 bits per heavy atom. The Kier molecular flexibility index (Phi) is 7.02. The number of rotatable bonds is 9. The monoisotopic (exact) mass is 340 g/mol. The van der Waals surface area contributed by atoms with Crippen LogP contribution in [0, 0.1) is 0 Å². The highest BCUT2D eigenvalue weighted by Crippen LogP contribution is 2.37. The van der Waals surface area contributed by atoms with Gasteiger partial charge < -0.3 is 15.2 Å². The topological polar surface area (TPSA) is 125 Å². The van der Waals surface area contributed by atoms with Gasteiger partial charge in [0.05, 0.1) is 35.5 Å². The van der Waals surface area contributed by atoms with Crippen LogP contribution in [0.25, 0.3) is 0 Å². The number of nitrogens with two attached hydrogens (primary N) is 1. The standard InChI is InChI=1S/C10H24N6O7/c1-17-9(13-19-3)12-8(11)14(20-4)10(18-2,15(9)21-5)16(22-6)23-7/h13H,1-7H3,(H2,11,12). The molecule has 13 nitrogen and oxygen atoms in total. The average molecular weight is 340 g/mol. The number of methoxy groups -OCH3 is 2. The molecule has 1 rings (SSSR count). The maximum atomic E-state index is 5.96. The lowest BCUT2D eigenvalue weighted by atomic mass is 10.5. The van der Waals surface area contributed by atoms with Crippen LogP contribution in [0.15, 0.2) is 4.99 Å². The van der Waals surface area contributed by atoms with Gasteiger partial charge in [0.2, 0.25) is 5.96 Å². The molecule has 0 aromatic carbocycles. The maximum Gasteiger partial charge on any atom is 0.364 e. The van der Waals surface area contributed by atoms with Gasteiger partial charge >= 0.3 is 11.9 Å². The van der Waals surface area contributed by atoms with Crippen LogP contribution in [0.3, 0.4) is 0 Å². The van der Waals surface area contributed by atoms with Gasteiger partial charge in [0.15, 0.2) is 0 Å². The van der Waals surface area contributed by atoms with Crippen molar-refractivity contribution >= 4 is 5.96 Å². The van der Waals surface area contributed by atoms with E-state index < -0.39 is 11.9 Å². The lowest BCUT2D eigenvalue weighted by Crippen LogP contribution is -2.81. The normalized spacial score (nSPS) is 29.2. The highest BCUT2D eigenvalue weighted by molar-refractivity contribution is 5.78. The molecule has 0 aromatic rings. The molecule has 13 heteroatoms. The number of aliphatic imine (C=N–C) groups is 1. The summed E-state index contributed by atoms with van der Waals surface area (Å²) in [5.74, 6) is -3.72. The minimum Gasteiger partial charge on any atom is -0.368 e. The van der Waals surface area contributed by atoms with Crippen LogP contribution < -0.4 is 11.2 Å². The molecule has 0 saturated carbocycles. The third kappa shape index (κ3) is 2.99. The molecule has 0 bridgehead atoms. The molecule has 136 valence electrons. The molecular weight excluding hydrogens is 316 g/mol. The largest absolute Gasteiger partial charge is 0.368 e. The van der Waals surface area contributed by atoms with Gasteiger partial charge in [-0.05, 0) is 5.06 Å². The van der Waals surface area contributed by atoms with Crippen LogP contribution in [-0.4, -0.2) is 83.0 Å². The van der Waals surface area contributed by atoms with Crippen molar-refractivity contribution in [1.82, 2.24) is 20.8 Å². The first-order chi connectivity index (χ1) is 11.0.